The molecule has 0 saturated heterocycles. The molecule has 0 aromatic carbocycles. The van der Waals surface area contributed by atoms with Gasteiger partial charge < -0.3 is 0 Å². The first-order chi connectivity index (χ1) is 10.8. The highest BCUT2D eigenvalue weighted by Gasteiger charge is 2.13. The van der Waals surface area contributed by atoms with Crippen LogP contribution in [0.1, 0.15) is 96.0 Å². The van der Waals surface area contributed by atoms with Gasteiger partial charge in [0, 0.05) is 6.20 Å². The van der Waals surface area contributed by atoms with Crippen LogP contribution in [-0.4, -0.2) is 9.78 Å². The molecular weight excluding hydrogens is 270 g/mol. The third kappa shape index (κ3) is 7.64. The number of nitrogens with zero attached hydrogens (tertiary/aromatic N) is 3. The second kappa shape index (κ2) is 12.3. The van der Waals surface area contributed by atoms with Crippen LogP contribution in [-0.2, 0) is 6.54 Å². The fourth-order valence-electron chi connectivity index (χ4n) is 2.99. The molecule has 1 aromatic rings. The van der Waals surface area contributed by atoms with Gasteiger partial charge in [-0.3, -0.25) is 4.68 Å². The molecule has 0 radical (unpaired) electrons. The van der Waals surface area contributed by atoms with Crippen molar-refractivity contribution in [3.8, 4) is 6.07 Å². The number of aryl methyl sites for hydroxylation is 1. The second-order valence-electron chi connectivity index (χ2n) is 6.34. The van der Waals surface area contributed by atoms with Gasteiger partial charge in [-0.2, -0.15) is 10.4 Å². The molecule has 0 saturated carbocycles. The van der Waals surface area contributed by atoms with E-state index < -0.39 is 0 Å². The molecule has 1 aromatic heterocycles. The van der Waals surface area contributed by atoms with Crippen molar-refractivity contribution < 1.29 is 0 Å². The summed E-state index contributed by atoms with van der Waals surface area (Å²) in [5.41, 5.74) is 1.38. The van der Waals surface area contributed by atoms with Gasteiger partial charge in [-0.15, -0.1) is 0 Å². The van der Waals surface area contributed by atoms with Crippen molar-refractivity contribution >= 4 is 0 Å². The lowest BCUT2D eigenvalue weighted by Crippen LogP contribution is -2.00. The van der Waals surface area contributed by atoms with Crippen molar-refractivity contribution in [2.24, 2.45) is 0 Å². The number of hydrogen-bond donors (Lipinski definition) is 0. The largest absolute Gasteiger partial charge is 0.271 e. The highest BCUT2D eigenvalue weighted by atomic mass is 15.3. The maximum atomic E-state index is 8.69. The van der Waals surface area contributed by atoms with Crippen molar-refractivity contribution in [2.75, 3.05) is 0 Å². The number of unbranched alkanes of at least 4 members (excludes halogenated alkanes) is 6. The van der Waals surface area contributed by atoms with Gasteiger partial charge in [-0.1, -0.05) is 65.2 Å². The number of nitriles is 1. The van der Waals surface area contributed by atoms with E-state index in [9.17, 15) is 0 Å². The van der Waals surface area contributed by atoms with Crippen molar-refractivity contribution in [1.29, 1.82) is 5.26 Å². The zero-order chi connectivity index (χ0) is 16.0. The van der Waals surface area contributed by atoms with Crippen LogP contribution in [0.25, 0.3) is 0 Å². The Hall–Kier alpha value is -1.30. The quantitative estimate of drug-likeness (QED) is 0.431. The van der Waals surface area contributed by atoms with E-state index in [2.05, 4.69) is 31.2 Å². The van der Waals surface area contributed by atoms with E-state index in [-0.39, 0.29) is 0 Å². The number of rotatable bonds is 13. The Labute approximate surface area is 136 Å². The third-order valence-corrected chi connectivity index (χ3v) is 4.39. The minimum absolute atomic E-state index is 0.540. The lowest BCUT2D eigenvalue weighted by Gasteiger charge is -2.15. The molecule has 124 valence electrons. The van der Waals surface area contributed by atoms with Crippen LogP contribution < -0.4 is 0 Å². The van der Waals surface area contributed by atoms with E-state index in [0.29, 0.717) is 12.3 Å². The van der Waals surface area contributed by atoms with E-state index in [4.69, 9.17) is 5.26 Å². The lowest BCUT2D eigenvalue weighted by molar-refractivity contribution is 0.496. The fourth-order valence-corrected chi connectivity index (χ4v) is 2.99. The SMILES string of the molecule is CCCCCCC(CCCCCC)c1cnn(CCC#N)c1. The highest BCUT2D eigenvalue weighted by molar-refractivity contribution is 5.11. The van der Waals surface area contributed by atoms with Gasteiger partial charge in [-0.25, -0.2) is 0 Å². The van der Waals surface area contributed by atoms with Gasteiger partial charge in [0.05, 0.1) is 25.2 Å². The summed E-state index contributed by atoms with van der Waals surface area (Å²) in [5, 5.41) is 13.1. The van der Waals surface area contributed by atoms with Crippen LogP contribution >= 0.6 is 0 Å². The van der Waals surface area contributed by atoms with Gasteiger partial charge >= 0.3 is 0 Å². The summed E-state index contributed by atoms with van der Waals surface area (Å²) < 4.78 is 1.93. The van der Waals surface area contributed by atoms with Crippen LogP contribution in [0.5, 0.6) is 0 Å². The van der Waals surface area contributed by atoms with Gasteiger partial charge in [-0.05, 0) is 24.3 Å². The normalized spacial score (nSPS) is 11.0. The third-order valence-electron chi connectivity index (χ3n) is 4.39. The predicted octanol–water partition coefficient (Wildman–Crippen LogP) is 5.82. The van der Waals surface area contributed by atoms with Crippen LogP contribution in [0.2, 0.25) is 0 Å². The Morgan fingerprint density at radius 3 is 2.23 bits per heavy atom. The first kappa shape index (κ1) is 18.7. The Balaban J connectivity index is 2.50. The Morgan fingerprint density at radius 2 is 1.68 bits per heavy atom. The van der Waals surface area contributed by atoms with Gasteiger partial charge in [0.1, 0.15) is 0 Å². The zero-order valence-electron chi connectivity index (χ0n) is 14.6. The molecular formula is C19H33N3. The summed E-state index contributed by atoms with van der Waals surface area (Å²) in [6, 6.07) is 2.19. The topological polar surface area (TPSA) is 41.6 Å². The molecule has 0 aliphatic heterocycles. The van der Waals surface area contributed by atoms with Gasteiger partial charge in [0.15, 0.2) is 0 Å². The standard InChI is InChI=1S/C19H33N3/c1-3-5-7-9-12-18(13-10-8-6-4-2)19-16-21-22(17-19)15-11-14-20/h16-18H,3-13,15H2,1-2H3. The molecule has 3 nitrogen and oxygen atoms in total. The minimum Gasteiger partial charge on any atom is -0.271 e. The van der Waals surface area contributed by atoms with Crippen LogP contribution in [0.4, 0.5) is 0 Å². The highest BCUT2D eigenvalue weighted by Crippen LogP contribution is 2.28. The van der Waals surface area contributed by atoms with Gasteiger partial charge in [0.2, 0.25) is 0 Å². The van der Waals surface area contributed by atoms with E-state index in [1.54, 1.807) is 0 Å². The molecule has 1 heterocycles. The summed E-state index contributed by atoms with van der Waals surface area (Å²) in [6.45, 7) is 5.25. The molecule has 0 aliphatic rings. The monoisotopic (exact) mass is 303 g/mol. The zero-order valence-corrected chi connectivity index (χ0v) is 14.6. The minimum atomic E-state index is 0.540. The molecule has 0 spiro atoms. The first-order valence-electron chi connectivity index (χ1n) is 9.21. The lowest BCUT2D eigenvalue weighted by atomic mass is 9.90. The summed E-state index contributed by atoms with van der Waals surface area (Å²) in [5.74, 6) is 0.657. The van der Waals surface area contributed by atoms with Gasteiger partial charge in [0.25, 0.3) is 0 Å². The summed E-state index contributed by atoms with van der Waals surface area (Å²) in [4.78, 5) is 0. The number of aromatic nitrogens is 2. The molecule has 0 fully saturated rings. The summed E-state index contributed by atoms with van der Waals surface area (Å²) in [6.07, 6.45) is 18.0. The molecule has 1 rings (SSSR count). The van der Waals surface area contributed by atoms with Crippen molar-refractivity contribution in [1.82, 2.24) is 9.78 Å². The molecule has 0 N–H and O–H groups in total. The molecule has 3 heteroatoms. The Morgan fingerprint density at radius 1 is 1.05 bits per heavy atom. The van der Waals surface area contributed by atoms with E-state index >= 15 is 0 Å². The van der Waals surface area contributed by atoms with Crippen molar-refractivity contribution in [2.45, 2.75) is 96.9 Å². The van der Waals surface area contributed by atoms with Crippen LogP contribution in [0, 0.1) is 11.3 Å². The fraction of sp³-hybridized carbons (Fsp3) is 0.789. The molecule has 0 unspecified atom stereocenters. The van der Waals surface area contributed by atoms with E-state index in [1.807, 2.05) is 10.9 Å². The van der Waals surface area contributed by atoms with Crippen LogP contribution in [0.3, 0.4) is 0 Å². The Kier molecular flexibility index (Phi) is 10.5. The number of hydrogen-bond acceptors (Lipinski definition) is 2. The summed E-state index contributed by atoms with van der Waals surface area (Å²) >= 11 is 0. The molecule has 0 aliphatic carbocycles. The predicted molar refractivity (Wildman–Crippen MR) is 92.7 cm³/mol. The Bertz CT molecular complexity index is 405. The summed E-state index contributed by atoms with van der Waals surface area (Å²) in [7, 11) is 0. The average Bonchev–Trinajstić information content (AvgIpc) is 3.00. The van der Waals surface area contributed by atoms with Crippen molar-refractivity contribution in [3.05, 3.63) is 18.0 Å². The maximum Gasteiger partial charge on any atom is 0.0641 e. The maximum absolute atomic E-state index is 8.69. The second-order valence-corrected chi connectivity index (χ2v) is 6.34. The van der Waals surface area contributed by atoms with Crippen LogP contribution in [0.15, 0.2) is 12.4 Å². The average molecular weight is 303 g/mol. The molecule has 22 heavy (non-hydrogen) atoms. The van der Waals surface area contributed by atoms with E-state index in [0.717, 1.165) is 6.54 Å². The smallest absolute Gasteiger partial charge is 0.0641 e. The molecule has 0 bridgehead atoms. The van der Waals surface area contributed by atoms with E-state index in [1.165, 1.54) is 69.8 Å². The van der Waals surface area contributed by atoms with Crippen molar-refractivity contribution in [3.63, 3.8) is 0 Å². The first-order valence-corrected chi connectivity index (χ1v) is 9.21. The molecule has 0 atom stereocenters. The molecule has 0 amide bonds.